The molecule has 0 aromatic heterocycles. The maximum atomic E-state index is 12.9. The summed E-state index contributed by atoms with van der Waals surface area (Å²) >= 11 is 0. The number of fused-ring (bicyclic) bond motifs is 1. The number of carbonyl (C=O) groups is 1. The number of anilines is 1. The fourth-order valence-corrected chi connectivity index (χ4v) is 3.16. The Hall–Kier alpha value is -2.17. The summed E-state index contributed by atoms with van der Waals surface area (Å²) < 4.78 is 0. The van der Waals surface area contributed by atoms with E-state index in [2.05, 4.69) is 0 Å². The van der Waals surface area contributed by atoms with E-state index in [0.29, 0.717) is 17.8 Å². The standard InChI is InChI=1S/C19H21NO3/c1-13-7-9-15(10-8-13)12-20-17-6-4-3-5-16(17)19(23,18(20)22)11-14(2)21/h3-10,14,21,23H,11-12H2,1-2H3. The van der Waals surface area contributed by atoms with Crippen molar-refractivity contribution in [3.05, 3.63) is 65.2 Å². The molecule has 3 rings (SSSR count). The van der Waals surface area contributed by atoms with Crippen LogP contribution in [0.3, 0.4) is 0 Å². The largest absolute Gasteiger partial charge is 0.393 e. The van der Waals surface area contributed by atoms with Gasteiger partial charge in [0.2, 0.25) is 0 Å². The molecule has 0 aliphatic carbocycles. The Morgan fingerprint density at radius 2 is 1.78 bits per heavy atom. The van der Waals surface area contributed by atoms with Gasteiger partial charge in [-0.1, -0.05) is 48.0 Å². The lowest BCUT2D eigenvalue weighted by Gasteiger charge is -2.24. The zero-order chi connectivity index (χ0) is 16.6. The number of hydrogen-bond donors (Lipinski definition) is 2. The minimum atomic E-state index is -1.66. The highest BCUT2D eigenvalue weighted by molar-refractivity contribution is 6.06. The van der Waals surface area contributed by atoms with Crippen LogP contribution in [-0.4, -0.2) is 22.2 Å². The lowest BCUT2D eigenvalue weighted by molar-refractivity contribution is -0.139. The summed E-state index contributed by atoms with van der Waals surface area (Å²) in [4.78, 5) is 14.5. The summed E-state index contributed by atoms with van der Waals surface area (Å²) in [5.41, 5.74) is 1.78. The first-order chi connectivity index (χ1) is 10.9. The van der Waals surface area contributed by atoms with E-state index in [1.807, 2.05) is 43.3 Å². The van der Waals surface area contributed by atoms with E-state index in [1.54, 1.807) is 24.0 Å². The van der Waals surface area contributed by atoms with E-state index < -0.39 is 11.7 Å². The van der Waals surface area contributed by atoms with Gasteiger partial charge in [0, 0.05) is 12.0 Å². The summed E-state index contributed by atoms with van der Waals surface area (Å²) in [6.07, 6.45) is -0.774. The Morgan fingerprint density at radius 3 is 2.43 bits per heavy atom. The van der Waals surface area contributed by atoms with Crippen LogP contribution in [-0.2, 0) is 16.9 Å². The third-order valence-electron chi connectivity index (χ3n) is 4.29. The molecule has 1 heterocycles. The third-order valence-corrected chi connectivity index (χ3v) is 4.29. The summed E-state index contributed by atoms with van der Waals surface area (Å²) in [5, 5.41) is 20.6. The van der Waals surface area contributed by atoms with Gasteiger partial charge in [-0.15, -0.1) is 0 Å². The maximum Gasteiger partial charge on any atom is 0.264 e. The van der Waals surface area contributed by atoms with Crippen molar-refractivity contribution in [3.8, 4) is 0 Å². The van der Waals surface area contributed by atoms with Gasteiger partial charge >= 0.3 is 0 Å². The van der Waals surface area contributed by atoms with E-state index in [9.17, 15) is 15.0 Å². The number of hydrogen-bond acceptors (Lipinski definition) is 3. The molecule has 2 N–H and O–H groups in total. The van der Waals surface area contributed by atoms with Gasteiger partial charge in [-0.3, -0.25) is 4.79 Å². The minimum Gasteiger partial charge on any atom is -0.393 e. The second-order valence-electron chi connectivity index (χ2n) is 6.31. The Bertz CT molecular complexity index is 724. The normalized spacial score (nSPS) is 21.4. The molecule has 2 unspecified atom stereocenters. The molecule has 0 saturated heterocycles. The van der Waals surface area contributed by atoms with Crippen LogP contribution in [0, 0.1) is 6.92 Å². The Labute approximate surface area is 136 Å². The fraction of sp³-hybridized carbons (Fsp3) is 0.316. The molecule has 23 heavy (non-hydrogen) atoms. The van der Waals surface area contributed by atoms with Crippen LogP contribution in [0.2, 0.25) is 0 Å². The number of rotatable bonds is 4. The van der Waals surface area contributed by atoms with E-state index in [0.717, 1.165) is 11.1 Å². The first-order valence-corrected chi connectivity index (χ1v) is 7.79. The minimum absolute atomic E-state index is 0.00670. The molecule has 120 valence electrons. The van der Waals surface area contributed by atoms with Crippen LogP contribution in [0.4, 0.5) is 5.69 Å². The number of nitrogens with zero attached hydrogens (tertiary/aromatic N) is 1. The van der Waals surface area contributed by atoms with Crippen molar-refractivity contribution in [2.45, 2.75) is 38.5 Å². The molecular formula is C19H21NO3. The van der Waals surface area contributed by atoms with Gasteiger partial charge in [-0.05, 0) is 25.5 Å². The van der Waals surface area contributed by atoms with Crippen molar-refractivity contribution < 1.29 is 15.0 Å². The average Bonchev–Trinajstić information content (AvgIpc) is 2.71. The molecule has 0 radical (unpaired) electrons. The molecule has 0 bridgehead atoms. The second kappa shape index (κ2) is 5.80. The predicted molar refractivity (Wildman–Crippen MR) is 89.0 cm³/mol. The first kappa shape index (κ1) is 15.7. The molecular weight excluding hydrogens is 290 g/mol. The number of aliphatic hydroxyl groups excluding tert-OH is 1. The molecule has 2 aromatic rings. The maximum absolute atomic E-state index is 12.9. The highest BCUT2D eigenvalue weighted by Gasteiger charge is 2.49. The van der Waals surface area contributed by atoms with Gasteiger partial charge in [-0.25, -0.2) is 0 Å². The highest BCUT2D eigenvalue weighted by atomic mass is 16.3. The van der Waals surface area contributed by atoms with Crippen molar-refractivity contribution in [2.75, 3.05) is 4.90 Å². The van der Waals surface area contributed by atoms with Crippen molar-refractivity contribution in [3.63, 3.8) is 0 Å². The van der Waals surface area contributed by atoms with Crippen molar-refractivity contribution >= 4 is 11.6 Å². The fourth-order valence-electron chi connectivity index (χ4n) is 3.16. The summed E-state index contributed by atoms with van der Waals surface area (Å²) in [5.74, 6) is -0.375. The number of aryl methyl sites for hydroxylation is 1. The van der Waals surface area contributed by atoms with Gasteiger partial charge in [0.25, 0.3) is 5.91 Å². The van der Waals surface area contributed by atoms with Crippen molar-refractivity contribution in [1.82, 2.24) is 0 Å². The monoisotopic (exact) mass is 311 g/mol. The van der Waals surface area contributed by atoms with Crippen LogP contribution in [0.1, 0.15) is 30.0 Å². The molecule has 1 amide bonds. The molecule has 2 atom stereocenters. The Balaban J connectivity index is 1.98. The van der Waals surface area contributed by atoms with Crippen molar-refractivity contribution in [1.29, 1.82) is 0 Å². The SMILES string of the molecule is Cc1ccc(CN2C(=O)C(O)(CC(C)O)c3ccccc32)cc1. The molecule has 0 spiro atoms. The molecule has 0 fully saturated rings. The Morgan fingerprint density at radius 1 is 1.13 bits per heavy atom. The van der Waals surface area contributed by atoms with E-state index in [1.165, 1.54) is 0 Å². The van der Waals surface area contributed by atoms with Crippen LogP contribution in [0.5, 0.6) is 0 Å². The molecule has 1 aliphatic rings. The third kappa shape index (κ3) is 2.76. The number of para-hydroxylation sites is 1. The molecule has 4 heteroatoms. The van der Waals surface area contributed by atoms with Crippen molar-refractivity contribution in [2.24, 2.45) is 0 Å². The quantitative estimate of drug-likeness (QED) is 0.912. The van der Waals surface area contributed by atoms with Gasteiger partial charge < -0.3 is 15.1 Å². The number of amides is 1. The first-order valence-electron chi connectivity index (χ1n) is 7.79. The number of carbonyl (C=O) groups excluding carboxylic acids is 1. The second-order valence-corrected chi connectivity index (χ2v) is 6.31. The number of aliphatic hydroxyl groups is 2. The van der Waals surface area contributed by atoms with Gasteiger partial charge in [-0.2, -0.15) is 0 Å². The lowest BCUT2D eigenvalue weighted by Crippen LogP contribution is -2.41. The smallest absolute Gasteiger partial charge is 0.264 e. The van der Waals surface area contributed by atoms with Crippen LogP contribution >= 0.6 is 0 Å². The lowest BCUT2D eigenvalue weighted by atomic mass is 9.90. The molecule has 2 aromatic carbocycles. The summed E-state index contributed by atoms with van der Waals surface area (Å²) in [6, 6.07) is 15.2. The predicted octanol–water partition coefficient (Wildman–Crippen LogP) is 2.50. The zero-order valence-electron chi connectivity index (χ0n) is 13.4. The van der Waals surface area contributed by atoms with E-state index in [4.69, 9.17) is 0 Å². The van der Waals surface area contributed by atoms with Gasteiger partial charge in [0.05, 0.1) is 18.3 Å². The highest BCUT2D eigenvalue weighted by Crippen LogP contribution is 2.43. The topological polar surface area (TPSA) is 60.8 Å². The summed E-state index contributed by atoms with van der Waals surface area (Å²) in [7, 11) is 0. The van der Waals surface area contributed by atoms with Gasteiger partial charge in [0.1, 0.15) is 0 Å². The summed E-state index contributed by atoms with van der Waals surface area (Å²) in [6.45, 7) is 4.00. The average molecular weight is 311 g/mol. The number of benzene rings is 2. The van der Waals surface area contributed by atoms with Crippen LogP contribution in [0.15, 0.2) is 48.5 Å². The van der Waals surface area contributed by atoms with Crippen LogP contribution in [0.25, 0.3) is 0 Å². The molecule has 1 aliphatic heterocycles. The van der Waals surface area contributed by atoms with Crippen LogP contribution < -0.4 is 4.90 Å². The Kier molecular flexibility index (Phi) is 3.96. The molecule has 4 nitrogen and oxygen atoms in total. The van der Waals surface area contributed by atoms with E-state index in [-0.39, 0.29) is 12.3 Å². The zero-order valence-corrected chi connectivity index (χ0v) is 13.4. The molecule has 0 saturated carbocycles. The van der Waals surface area contributed by atoms with E-state index >= 15 is 0 Å². The van der Waals surface area contributed by atoms with Gasteiger partial charge in [0.15, 0.2) is 5.60 Å².